The van der Waals surface area contributed by atoms with Gasteiger partial charge in [0.15, 0.2) is 0 Å². The molecule has 1 fully saturated rings. The molecule has 1 aliphatic rings. The molecule has 4 nitrogen and oxygen atoms in total. The maximum absolute atomic E-state index is 5.75. The highest BCUT2D eigenvalue weighted by molar-refractivity contribution is 5.12. The molecular weight excluding hydrogens is 178 g/mol. The second kappa shape index (κ2) is 3.71. The van der Waals surface area contributed by atoms with Gasteiger partial charge in [-0.15, -0.1) is 0 Å². The number of aryl methyl sites for hydroxylation is 2. The minimum atomic E-state index is 0.150. The van der Waals surface area contributed by atoms with Crippen LogP contribution < -0.4 is 5.32 Å². The SMILES string of the molecule is Cc1cc(C2CNC(C)CO2)n(C)n1. The molecule has 0 aromatic carbocycles. The number of morpholine rings is 1. The van der Waals surface area contributed by atoms with Gasteiger partial charge in [0.25, 0.3) is 0 Å². The van der Waals surface area contributed by atoms with Gasteiger partial charge in [-0.05, 0) is 19.9 Å². The van der Waals surface area contributed by atoms with Crippen LogP contribution in [-0.2, 0) is 11.8 Å². The first-order chi connectivity index (χ1) is 6.66. The van der Waals surface area contributed by atoms with Crippen molar-refractivity contribution in [3.63, 3.8) is 0 Å². The zero-order valence-electron chi connectivity index (χ0n) is 8.95. The summed E-state index contributed by atoms with van der Waals surface area (Å²) in [5.41, 5.74) is 2.20. The third-order valence-corrected chi connectivity index (χ3v) is 2.57. The quantitative estimate of drug-likeness (QED) is 0.719. The predicted molar refractivity (Wildman–Crippen MR) is 54.1 cm³/mol. The number of ether oxygens (including phenoxy) is 1. The molecule has 0 spiro atoms. The van der Waals surface area contributed by atoms with Crippen LogP contribution in [0, 0.1) is 6.92 Å². The van der Waals surface area contributed by atoms with Gasteiger partial charge in [0, 0.05) is 19.6 Å². The fourth-order valence-electron chi connectivity index (χ4n) is 1.81. The topological polar surface area (TPSA) is 39.1 Å². The van der Waals surface area contributed by atoms with E-state index in [-0.39, 0.29) is 6.10 Å². The molecular formula is C10H17N3O. The van der Waals surface area contributed by atoms with E-state index in [1.165, 1.54) is 0 Å². The molecule has 1 N–H and O–H groups in total. The lowest BCUT2D eigenvalue weighted by Crippen LogP contribution is -2.41. The monoisotopic (exact) mass is 195 g/mol. The van der Waals surface area contributed by atoms with Gasteiger partial charge in [0.2, 0.25) is 0 Å². The van der Waals surface area contributed by atoms with Gasteiger partial charge in [-0.1, -0.05) is 0 Å². The zero-order valence-corrected chi connectivity index (χ0v) is 8.95. The van der Waals surface area contributed by atoms with Crippen molar-refractivity contribution < 1.29 is 4.74 Å². The van der Waals surface area contributed by atoms with Crippen LogP contribution in [0.1, 0.15) is 24.4 Å². The van der Waals surface area contributed by atoms with E-state index in [2.05, 4.69) is 23.4 Å². The van der Waals surface area contributed by atoms with E-state index < -0.39 is 0 Å². The van der Waals surface area contributed by atoms with Crippen molar-refractivity contribution in [2.45, 2.75) is 26.0 Å². The van der Waals surface area contributed by atoms with Crippen LogP contribution in [0.3, 0.4) is 0 Å². The summed E-state index contributed by atoms with van der Waals surface area (Å²) in [6.45, 7) is 5.78. The number of hydrogen-bond donors (Lipinski definition) is 1. The van der Waals surface area contributed by atoms with Crippen molar-refractivity contribution in [2.75, 3.05) is 13.2 Å². The van der Waals surface area contributed by atoms with E-state index in [1.807, 2.05) is 18.7 Å². The fraction of sp³-hybridized carbons (Fsp3) is 0.700. The van der Waals surface area contributed by atoms with Gasteiger partial charge in [0.1, 0.15) is 6.10 Å². The van der Waals surface area contributed by atoms with Crippen molar-refractivity contribution >= 4 is 0 Å². The van der Waals surface area contributed by atoms with Gasteiger partial charge in [-0.2, -0.15) is 5.10 Å². The Morgan fingerprint density at radius 2 is 2.43 bits per heavy atom. The van der Waals surface area contributed by atoms with Crippen LogP contribution >= 0.6 is 0 Å². The molecule has 2 heterocycles. The molecule has 0 aliphatic carbocycles. The highest BCUT2D eigenvalue weighted by Gasteiger charge is 2.22. The summed E-state index contributed by atoms with van der Waals surface area (Å²) in [5.74, 6) is 0. The van der Waals surface area contributed by atoms with Gasteiger partial charge in [-0.3, -0.25) is 4.68 Å². The van der Waals surface area contributed by atoms with Crippen molar-refractivity contribution in [3.8, 4) is 0 Å². The Morgan fingerprint density at radius 1 is 1.64 bits per heavy atom. The summed E-state index contributed by atoms with van der Waals surface area (Å²) in [4.78, 5) is 0. The molecule has 1 aromatic rings. The van der Waals surface area contributed by atoms with Crippen LogP contribution in [0.15, 0.2) is 6.07 Å². The van der Waals surface area contributed by atoms with Crippen LogP contribution in [-0.4, -0.2) is 29.0 Å². The fourth-order valence-corrected chi connectivity index (χ4v) is 1.81. The average molecular weight is 195 g/mol. The van der Waals surface area contributed by atoms with Crippen molar-refractivity contribution in [3.05, 3.63) is 17.5 Å². The molecule has 1 saturated heterocycles. The molecule has 0 amide bonds. The molecule has 2 atom stereocenters. The minimum absolute atomic E-state index is 0.150. The largest absolute Gasteiger partial charge is 0.369 e. The number of nitrogens with zero attached hydrogens (tertiary/aromatic N) is 2. The van der Waals surface area contributed by atoms with E-state index in [1.54, 1.807) is 0 Å². The van der Waals surface area contributed by atoms with Crippen molar-refractivity contribution in [2.24, 2.45) is 7.05 Å². The van der Waals surface area contributed by atoms with E-state index in [0.29, 0.717) is 6.04 Å². The molecule has 4 heteroatoms. The third-order valence-electron chi connectivity index (χ3n) is 2.57. The lowest BCUT2D eigenvalue weighted by molar-refractivity contribution is 0.00248. The molecule has 2 unspecified atom stereocenters. The number of aromatic nitrogens is 2. The number of hydrogen-bond acceptors (Lipinski definition) is 3. The van der Waals surface area contributed by atoms with Crippen LogP contribution in [0.4, 0.5) is 0 Å². The highest BCUT2D eigenvalue weighted by Crippen LogP contribution is 2.19. The smallest absolute Gasteiger partial charge is 0.112 e. The van der Waals surface area contributed by atoms with Gasteiger partial charge in [-0.25, -0.2) is 0 Å². The molecule has 0 bridgehead atoms. The molecule has 1 aliphatic heterocycles. The molecule has 14 heavy (non-hydrogen) atoms. The Labute approximate surface area is 84.3 Å². The Hall–Kier alpha value is -0.870. The van der Waals surface area contributed by atoms with E-state index >= 15 is 0 Å². The summed E-state index contributed by atoms with van der Waals surface area (Å²) in [6, 6.07) is 2.54. The minimum Gasteiger partial charge on any atom is -0.369 e. The van der Waals surface area contributed by atoms with Gasteiger partial charge >= 0.3 is 0 Å². The Kier molecular flexibility index (Phi) is 2.56. The van der Waals surface area contributed by atoms with E-state index in [9.17, 15) is 0 Å². The summed E-state index contributed by atoms with van der Waals surface area (Å²) in [7, 11) is 1.96. The highest BCUT2D eigenvalue weighted by atomic mass is 16.5. The van der Waals surface area contributed by atoms with Crippen LogP contribution in [0.2, 0.25) is 0 Å². The summed E-state index contributed by atoms with van der Waals surface area (Å²) in [6.07, 6.45) is 0.150. The third kappa shape index (κ3) is 1.81. The normalized spacial score (nSPS) is 27.9. The van der Waals surface area contributed by atoms with E-state index in [0.717, 1.165) is 24.5 Å². The van der Waals surface area contributed by atoms with Gasteiger partial charge < -0.3 is 10.1 Å². The maximum atomic E-state index is 5.75. The van der Waals surface area contributed by atoms with Crippen LogP contribution in [0.5, 0.6) is 0 Å². The van der Waals surface area contributed by atoms with E-state index in [4.69, 9.17) is 4.74 Å². The first-order valence-corrected chi connectivity index (χ1v) is 5.02. The standard InChI is InChI=1S/C10H17N3O/c1-7-4-9(13(3)12-7)10-5-11-8(2)6-14-10/h4,8,10-11H,5-6H2,1-3H3. The van der Waals surface area contributed by atoms with Crippen molar-refractivity contribution in [1.29, 1.82) is 0 Å². The molecule has 78 valence electrons. The predicted octanol–water partition coefficient (Wildman–Crippen LogP) is 0.778. The van der Waals surface area contributed by atoms with Crippen LogP contribution in [0.25, 0.3) is 0 Å². The lowest BCUT2D eigenvalue weighted by Gasteiger charge is -2.28. The Morgan fingerprint density at radius 3 is 2.93 bits per heavy atom. The average Bonchev–Trinajstić information content (AvgIpc) is 2.47. The molecule has 0 radical (unpaired) electrons. The number of nitrogens with one attached hydrogen (secondary N) is 1. The van der Waals surface area contributed by atoms with Gasteiger partial charge in [0.05, 0.1) is 18.0 Å². The molecule has 0 saturated carbocycles. The number of rotatable bonds is 1. The first-order valence-electron chi connectivity index (χ1n) is 5.02. The Balaban J connectivity index is 2.11. The summed E-state index contributed by atoms with van der Waals surface area (Å²) >= 11 is 0. The molecule has 2 rings (SSSR count). The maximum Gasteiger partial charge on any atom is 0.112 e. The lowest BCUT2D eigenvalue weighted by atomic mass is 10.2. The second-order valence-corrected chi connectivity index (χ2v) is 3.97. The first kappa shape index (κ1) is 9.68. The summed E-state index contributed by atoms with van der Waals surface area (Å²) in [5, 5.41) is 7.72. The zero-order chi connectivity index (χ0) is 10.1. The van der Waals surface area contributed by atoms with Crippen molar-refractivity contribution in [1.82, 2.24) is 15.1 Å². The second-order valence-electron chi connectivity index (χ2n) is 3.97. The Bertz CT molecular complexity index is 313. The molecule has 1 aromatic heterocycles. The summed E-state index contributed by atoms with van der Waals surface area (Å²) < 4.78 is 7.65.